The van der Waals surface area contributed by atoms with Crippen molar-refractivity contribution in [1.82, 2.24) is 9.55 Å². The number of benzene rings is 1. The molecule has 3 nitrogen and oxygen atoms in total. The van der Waals surface area contributed by atoms with E-state index in [9.17, 15) is 4.39 Å². The molecule has 0 fully saturated rings. The summed E-state index contributed by atoms with van der Waals surface area (Å²) in [6, 6.07) is 6.98. The predicted octanol–water partition coefficient (Wildman–Crippen LogP) is 4.08. The lowest BCUT2D eigenvalue weighted by Crippen LogP contribution is -2.12. The van der Waals surface area contributed by atoms with Gasteiger partial charge in [0, 0.05) is 12.2 Å². The molecule has 2 rings (SSSR count). The van der Waals surface area contributed by atoms with Crippen LogP contribution in [-0.4, -0.2) is 9.55 Å². The summed E-state index contributed by atoms with van der Waals surface area (Å²) in [6.45, 7) is 8.26. The van der Waals surface area contributed by atoms with Gasteiger partial charge in [-0.3, -0.25) is 0 Å². The molecule has 19 heavy (non-hydrogen) atoms. The zero-order valence-electron chi connectivity index (χ0n) is 11.8. The number of hydrogen-bond acceptors (Lipinski definition) is 2. The fraction of sp³-hybridized carbons (Fsp3) is 0.400. The van der Waals surface area contributed by atoms with E-state index < -0.39 is 0 Å². The van der Waals surface area contributed by atoms with Crippen LogP contribution in [0.15, 0.2) is 30.5 Å². The summed E-state index contributed by atoms with van der Waals surface area (Å²) in [5.41, 5.74) is 2.03. The molecule has 0 bridgehead atoms. The van der Waals surface area contributed by atoms with Crippen molar-refractivity contribution < 1.29 is 4.39 Å². The third-order valence-corrected chi connectivity index (χ3v) is 3.12. The fourth-order valence-corrected chi connectivity index (χ4v) is 2.04. The molecule has 0 aliphatic rings. The van der Waals surface area contributed by atoms with E-state index in [1.165, 1.54) is 12.1 Å². The van der Waals surface area contributed by atoms with Crippen LogP contribution in [0, 0.1) is 12.7 Å². The molecular weight excluding hydrogens is 241 g/mol. The highest BCUT2D eigenvalue weighted by Gasteiger charge is 2.12. The Labute approximate surface area is 113 Å². The highest BCUT2D eigenvalue weighted by Crippen LogP contribution is 2.21. The number of imidazole rings is 1. The highest BCUT2D eigenvalue weighted by atomic mass is 19.1. The van der Waals surface area contributed by atoms with E-state index in [0.29, 0.717) is 6.04 Å². The molecule has 0 saturated carbocycles. The van der Waals surface area contributed by atoms with Gasteiger partial charge < -0.3 is 9.88 Å². The zero-order chi connectivity index (χ0) is 14.0. The SMILES string of the molecule is Cc1cn(C(C)C)c(NC(C)c2ccc(F)cc2)n1. The Morgan fingerprint density at radius 3 is 2.37 bits per heavy atom. The number of halogens is 1. The van der Waals surface area contributed by atoms with Crippen molar-refractivity contribution in [3.8, 4) is 0 Å². The predicted molar refractivity (Wildman–Crippen MR) is 75.8 cm³/mol. The smallest absolute Gasteiger partial charge is 0.203 e. The molecule has 0 amide bonds. The van der Waals surface area contributed by atoms with Crippen LogP contribution in [-0.2, 0) is 0 Å². The second-order valence-corrected chi connectivity index (χ2v) is 5.12. The van der Waals surface area contributed by atoms with E-state index in [-0.39, 0.29) is 11.9 Å². The maximum absolute atomic E-state index is 12.9. The van der Waals surface area contributed by atoms with E-state index in [2.05, 4.69) is 28.7 Å². The minimum Gasteiger partial charge on any atom is -0.349 e. The van der Waals surface area contributed by atoms with E-state index >= 15 is 0 Å². The third-order valence-electron chi connectivity index (χ3n) is 3.12. The summed E-state index contributed by atoms with van der Waals surface area (Å²) in [7, 11) is 0. The Hall–Kier alpha value is -1.84. The van der Waals surface area contributed by atoms with Gasteiger partial charge in [-0.15, -0.1) is 0 Å². The van der Waals surface area contributed by atoms with Crippen LogP contribution < -0.4 is 5.32 Å². The Bertz CT molecular complexity index is 543. The summed E-state index contributed by atoms with van der Waals surface area (Å²) in [4.78, 5) is 4.49. The number of nitrogens with one attached hydrogen (secondary N) is 1. The number of nitrogens with zero attached hydrogens (tertiary/aromatic N) is 2. The van der Waals surface area contributed by atoms with Crippen molar-refractivity contribution in [3.63, 3.8) is 0 Å². The van der Waals surface area contributed by atoms with Gasteiger partial charge in [0.25, 0.3) is 0 Å². The standard InChI is InChI=1S/C15H20FN3/c1-10(2)19-9-11(3)17-15(19)18-12(4)13-5-7-14(16)8-6-13/h5-10,12H,1-4H3,(H,17,18). The fourth-order valence-electron chi connectivity index (χ4n) is 2.04. The number of anilines is 1. The molecule has 0 aliphatic carbocycles. The molecule has 4 heteroatoms. The average molecular weight is 261 g/mol. The topological polar surface area (TPSA) is 29.9 Å². The maximum atomic E-state index is 12.9. The molecule has 1 aromatic carbocycles. The van der Waals surface area contributed by atoms with Gasteiger partial charge in [-0.25, -0.2) is 9.37 Å². The minimum atomic E-state index is -0.213. The van der Waals surface area contributed by atoms with Crippen molar-refractivity contribution in [2.24, 2.45) is 0 Å². The third kappa shape index (κ3) is 3.13. The van der Waals surface area contributed by atoms with Crippen LogP contribution in [0.2, 0.25) is 0 Å². The normalized spacial score (nSPS) is 12.7. The number of rotatable bonds is 4. The lowest BCUT2D eigenvalue weighted by molar-refractivity contribution is 0.600. The van der Waals surface area contributed by atoms with Crippen molar-refractivity contribution in [3.05, 3.63) is 47.5 Å². The van der Waals surface area contributed by atoms with Gasteiger partial charge in [-0.2, -0.15) is 0 Å². The molecular formula is C15H20FN3. The summed E-state index contributed by atoms with van der Waals surface area (Å²) in [5, 5.41) is 3.38. The van der Waals surface area contributed by atoms with Crippen LogP contribution in [0.4, 0.5) is 10.3 Å². The Morgan fingerprint density at radius 2 is 1.79 bits per heavy atom. The Balaban J connectivity index is 2.18. The number of aromatic nitrogens is 2. The Kier molecular flexibility index (Phi) is 3.88. The molecule has 0 saturated heterocycles. The van der Waals surface area contributed by atoms with Gasteiger partial charge in [-0.1, -0.05) is 12.1 Å². The summed E-state index contributed by atoms with van der Waals surface area (Å²) < 4.78 is 15.0. The molecule has 0 spiro atoms. The first-order valence-corrected chi connectivity index (χ1v) is 6.55. The van der Waals surface area contributed by atoms with Crippen molar-refractivity contribution >= 4 is 5.95 Å². The molecule has 0 aliphatic heterocycles. The second-order valence-electron chi connectivity index (χ2n) is 5.12. The van der Waals surface area contributed by atoms with Crippen LogP contribution in [0.3, 0.4) is 0 Å². The second kappa shape index (κ2) is 5.43. The largest absolute Gasteiger partial charge is 0.349 e. The monoisotopic (exact) mass is 261 g/mol. The lowest BCUT2D eigenvalue weighted by atomic mass is 10.1. The lowest BCUT2D eigenvalue weighted by Gasteiger charge is -2.18. The molecule has 2 aromatic rings. The zero-order valence-corrected chi connectivity index (χ0v) is 11.8. The summed E-state index contributed by atoms with van der Waals surface area (Å²) in [6.07, 6.45) is 2.03. The van der Waals surface area contributed by atoms with E-state index in [4.69, 9.17) is 0 Å². The molecule has 1 atom stereocenters. The van der Waals surface area contributed by atoms with Gasteiger partial charge in [0.05, 0.1) is 11.7 Å². The van der Waals surface area contributed by atoms with Crippen molar-refractivity contribution in [2.75, 3.05) is 5.32 Å². The molecule has 1 aromatic heterocycles. The first-order chi connectivity index (χ1) is 8.97. The number of aryl methyl sites for hydroxylation is 1. The van der Waals surface area contributed by atoms with Crippen LogP contribution >= 0.6 is 0 Å². The van der Waals surface area contributed by atoms with Gasteiger partial charge >= 0.3 is 0 Å². The van der Waals surface area contributed by atoms with Crippen molar-refractivity contribution in [2.45, 2.75) is 39.8 Å². The average Bonchev–Trinajstić information content (AvgIpc) is 2.71. The van der Waals surface area contributed by atoms with Crippen LogP contribution in [0.25, 0.3) is 0 Å². The highest BCUT2D eigenvalue weighted by molar-refractivity contribution is 5.34. The van der Waals surface area contributed by atoms with Crippen LogP contribution in [0.5, 0.6) is 0 Å². The number of hydrogen-bond donors (Lipinski definition) is 1. The van der Waals surface area contributed by atoms with E-state index in [1.807, 2.05) is 20.0 Å². The summed E-state index contributed by atoms with van der Waals surface area (Å²) in [5.74, 6) is 0.639. The molecule has 1 unspecified atom stereocenters. The Morgan fingerprint density at radius 1 is 1.16 bits per heavy atom. The molecule has 0 radical (unpaired) electrons. The van der Waals surface area contributed by atoms with Crippen LogP contribution in [0.1, 0.15) is 44.1 Å². The van der Waals surface area contributed by atoms with Gasteiger partial charge in [-0.05, 0) is 45.4 Å². The van der Waals surface area contributed by atoms with Crippen molar-refractivity contribution in [1.29, 1.82) is 0 Å². The summed E-state index contributed by atoms with van der Waals surface area (Å²) >= 11 is 0. The van der Waals surface area contributed by atoms with Gasteiger partial charge in [0.2, 0.25) is 5.95 Å². The molecule has 1 N–H and O–H groups in total. The quantitative estimate of drug-likeness (QED) is 0.898. The molecule has 102 valence electrons. The maximum Gasteiger partial charge on any atom is 0.203 e. The van der Waals surface area contributed by atoms with E-state index in [0.717, 1.165) is 17.2 Å². The van der Waals surface area contributed by atoms with E-state index in [1.54, 1.807) is 12.1 Å². The first kappa shape index (κ1) is 13.6. The van der Waals surface area contributed by atoms with Gasteiger partial charge in [0.15, 0.2) is 0 Å². The minimum absolute atomic E-state index is 0.0832. The molecule has 1 heterocycles. The van der Waals surface area contributed by atoms with Gasteiger partial charge in [0.1, 0.15) is 5.82 Å². The first-order valence-electron chi connectivity index (χ1n) is 6.55.